The van der Waals surface area contributed by atoms with Crippen LogP contribution < -0.4 is 14.4 Å². The van der Waals surface area contributed by atoms with Crippen LogP contribution in [-0.4, -0.2) is 28.0 Å². The Bertz CT molecular complexity index is 1200. The Hall–Kier alpha value is -2.55. The number of hydrogen-bond acceptors (Lipinski definition) is 4. The largest absolute Gasteiger partial charge is 0.495 e. The molecule has 0 aromatic heterocycles. The number of carbonyl (C=O) groups excluding carboxylic acids is 1. The number of para-hydroxylation sites is 1. The maximum absolute atomic E-state index is 13.4. The highest BCUT2D eigenvalue weighted by Crippen LogP contribution is 2.32. The molecule has 1 amide bonds. The number of rotatable bonds is 7. The number of benzene rings is 3. The van der Waals surface area contributed by atoms with Crippen LogP contribution in [0.5, 0.6) is 5.75 Å². The molecule has 0 heterocycles. The molecule has 3 aromatic carbocycles. The van der Waals surface area contributed by atoms with Crippen LogP contribution in [0.3, 0.4) is 0 Å². The van der Waals surface area contributed by atoms with Gasteiger partial charge in [0, 0.05) is 4.47 Å². The van der Waals surface area contributed by atoms with Crippen LogP contribution in [0, 0.1) is 6.92 Å². The summed E-state index contributed by atoms with van der Waals surface area (Å²) in [5, 5.41) is 2.96. The van der Waals surface area contributed by atoms with Gasteiger partial charge in [-0.15, -0.1) is 0 Å². The summed E-state index contributed by atoms with van der Waals surface area (Å²) in [6, 6.07) is 18.0. The Balaban J connectivity index is 1.99. The zero-order chi connectivity index (χ0) is 22.6. The lowest BCUT2D eigenvalue weighted by Crippen LogP contribution is -2.38. The summed E-state index contributed by atoms with van der Waals surface area (Å²) in [7, 11) is -2.58. The average Bonchev–Trinajstić information content (AvgIpc) is 2.74. The fourth-order valence-electron chi connectivity index (χ4n) is 2.85. The number of sulfonamides is 1. The molecule has 0 unspecified atom stereocenters. The van der Waals surface area contributed by atoms with Crippen molar-refractivity contribution < 1.29 is 17.9 Å². The quantitative estimate of drug-likeness (QED) is 0.459. The Kier molecular flexibility index (Phi) is 7.25. The molecule has 0 spiro atoms. The molecule has 9 heteroatoms. The third-order valence-electron chi connectivity index (χ3n) is 4.47. The highest BCUT2D eigenvalue weighted by atomic mass is 79.9. The summed E-state index contributed by atoms with van der Waals surface area (Å²) >= 11 is 9.59. The second kappa shape index (κ2) is 9.72. The normalized spacial score (nSPS) is 11.1. The lowest BCUT2D eigenvalue weighted by molar-refractivity contribution is -0.114. The Labute approximate surface area is 195 Å². The van der Waals surface area contributed by atoms with Gasteiger partial charge in [0.1, 0.15) is 12.3 Å². The van der Waals surface area contributed by atoms with E-state index < -0.39 is 22.5 Å². The maximum Gasteiger partial charge on any atom is 0.264 e. The standard InChI is InChI=1S/C22H20BrClN2O4S/c1-15-7-10-17(11-8-15)31(28,29)26(16-9-12-21(30-2)19(24)13-16)14-22(27)25-20-6-4-3-5-18(20)23/h3-13H,14H2,1-2H3,(H,25,27). The van der Waals surface area contributed by atoms with Gasteiger partial charge in [0.2, 0.25) is 5.91 Å². The summed E-state index contributed by atoms with van der Waals surface area (Å²) in [5.41, 5.74) is 1.70. The Morgan fingerprint density at radius 3 is 2.39 bits per heavy atom. The van der Waals surface area contributed by atoms with Crippen molar-refractivity contribution in [3.8, 4) is 5.75 Å². The summed E-state index contributed by atoms with van der Waals surface area (Å²) in [6.07, 6.45) is 0. The number of nitrogens with one attached hydrogen (secondary N) is 1. The zero-order valence-corrected chi connectivity index (χ0v) is 20.0. The van der Waals surface area contributed by atoms with Gasteiger partial charge in [0.05, 0.1) is 28.4 Å². The first kappa shape index (κ1) is 23.1. The summed E-state index contributed by atoms with van der Waals surface area (Å²) in [4.78, 5) is 12.9. The molecule has 31 heavy (non-hydrogen) atoms. The number of carbonyl (C=O) groups is 1. The topological polar surface area (TPSA) is 75.7 Å². The van der Waals surface area contributed by atoms with E-state index in [0.29, 0.717) is 15.9 Å². The van der Waals surface area contributed by atoms with Crippen molar-refractivity contribution in [2.24, 2.45) is 0 Å². The second-order valence-corrected chi connectivity index (χ2v) is 9.80. The SMILES string of the molecule is COc1ccc(N(CC(=O)Nc2ccccc2Br)S(=O)(=O)c2ccc(C)cc2)cc1Cl. The number of methoxy groups -OCH3 is 1. The molecule has 0 atom stereocenters. The van der Waals surface area contributed by atoms with Crippen LogP contribution in [-0.2, 0) is 14.8 Å². The third-order valence-corrected chi connectivity index (χ3v) is 7.24. The number of halogens is 2. The molecule has 0 aliphatic carbocycles. The molecule has 0 radical (unpaired) electrons. The van der Waals surface area contributed by atoms with E-state index in [1.54, 1.807) is 42.5 Å². The Morgan fingerprint density at radius 2 is 1.77 bits per heavy atom. The van der Waals surface area contributed by atoms with Crippen molar-refractivity contribution in [2.75, 3.05) is 23.3 Å². The highest BCUT2D eigenvalue weighted by molar-refractivity contribution is 9.10. The van der Waals surface area contributed by atoms with Gasteiger partial charge in [0.25, 0.3) is 10.0 Å². The van der Waals surface area contributed by atoms with Crippen LogP contribution in [0.25, 0.3) is 0 Å². The lowest BCUT2D eigenvalue weighted by atomic mass is 10.2. The molecular weight excluding hydrogens is 504 g/mol. The van der Waals surface area contributed by atoms with Gasteiger partial charge >= 0.3 is 0 Å². The van der Waals surface area contributed by atoms with Gasteiger partial charge in [0.15, 0.2) is 0 Å². The molecule has 162 valence electrons. The van der Waals surface area contributed by atoms with E-state index in [-0.39, 0.29) is 15.6 Å². The predicted octanol–water partition coefficient (Wildman–Crippen LogP) is 5.25. The van der Waals surface area contributed by atoms with Gasteiger partial charge in [-0.2, -0.15) is 0 Å². The van der Waals surface area contributed by atoms with Crippen molar-refractivity contribution in [1.82, 2.24) is 0 Å². The molecule has 0 saturated heterocycles. The molecule has 0 aliphatic rings. The van der Waals surface area contributed by atoms with Crippen molar-refractivity contribution in [1.29, 1.82) is 0 Å². The third kappa shape index (κ3) is 5.39. The molecule has 1 N–H and O–H groups in total. The van der Waals surface area contributed by atoms with E-state index in [2.05, 4.69) is 21.2 Å². The van der Waals surface area contributed by atoms with E-state index in [4.69, 9.17) is 16.3 Å². The van der Waals surface area contributed by atoms with Crippen LogP contribution in [0.4, 0.5) is 11.4 Å². The van der Waals surface area contributed by atoms with Gasteiger partial charge in [-0.1, -0.05) is 41.4 Å². The minimum absolute atomic E-state index is 0.0683. The number of aryl methyl sites for hydroxylation is 1. The van der Waals surface area contributed by atoms with Gasteiger partial charge < -0.3 is 10.1 Å². The molecule has 0 aliphatic heterocycles. The number of amides is 1. The average molecular weight is 524 g/mol. The van der Waals surface area contributed by atoms with E-state index in [1.807, 2.05) is 13.0 Å². The smallest absolute Gasteiger partial charge is 0.264 e. The van der Waals surface area contributed by atoms with Gasteiger partial charge in [-0.3, -0.25) is 9.10 Å². The first-order chi connectivity index (χ1) is 14.7. The number of hydrogen-bond donors (Lipinski definition) is 1. The number of ether oxygens (including phenoxy) is 1. The van der Waals surface area contributed by atoms with Crippen LogP contribution in [0.1, 0.15) is 5.56 Å². The van der Waals surface area contributed by atoms with Crippen molar-refractivity contribution in [3.63, 3.8) is 0 Å². The van der Waals surface area contributed by atoms with E-state index >= 15 is 0 Å². The maximum atomic E-state index is 13.4. The first-order valence-corrected chi connectivity index (χ1v) is 11.8. The molecular formula is C22H20BrClN2O4S. The van der Waals surface area contributed by atoms with Crippen molar-refractivity contribution in [2.45, 2.75) is 11.8 Å². The van der Waals surface area contributed by atoms with Crippen LogP contribution in [0.15, 0.2) is 76.1 Å². The Morgan fingerprint density at radius 1 is 1.10 bits per heavy atom. The second-order valence-electron chi connectivity index (χ2n) is 6.67. The molecule has 0 fully saturated rings. The first-order valence-electron chi connectivity index (χ1n) is 9.19. The molecule has 0 saturated carbocycles. The number of nitrogens with zero attached hydrogens (tertiary/aromatic N) is 1. The molecule has 3 rings (SSSR count). The highest BCUT2D eigenvalue weighted by Gasteiger charge is 2.28. The van der Waals surface area contributed by atoms with Crippen molar-refractivity contribution in [3.05, 3.63) is 81.8 Å². The fraction of sp³-hybridized carbons (Fsp3) is 0.136. The summed E-state index contributed by atoms with van der Waals surface area (Å²) < 4.78 is 33.7. The summed E-state index contributed by atoms with van der Waals surface area (Å²) in [6.45, 7) is 1.42. The molecule has 6 nitrogen and oxygen atoms in total. The van der Waals surface area contributed by atoms with E-state index in [1.165, 1.54) is 25.3 Å². The van der Waals surface area contributed by atoms with Crippen molar-refractivity contribution >= 4 is 54.8 Å². The monoisotopic (exact) mass is 522 g/mol. The van der Waals surface area contributed by atoms with Crippen LogP contribution >= 0.6 is 27.5 Å². The predicted molar refractivity (Wildman–Crippen MR) is 126 cm³/mol. The fourth-order valence-corrected chi connectivity index (χ4v) is 4.89. The molecule has 3 aromatic rings. The minimum atomic E-state index is -4.04. The minimum Gasteiger partial charge on any atom is -0.495 e. The number of anilines is 2. The van der Waals surface area contributed by atoms with E-state index in [9.17, 15) is 13.2 Å². The van der Waals surface area contributed by atoms with Gasteiger partial charge in [-0.05, 0) is 65.3 Å². The van der Waals surface area contributed by atoms with E-state index in [0.717, 1.165) is 9.87 Å². The van der Waals surface area contributed by atoms with Crippen LogP contribution in [0.2, 0.25) is 5.02 Å². The lowest BCUT2D eigenvalue weighted by Gasteiger charge is -2.25. The van der Waals surface area contributed by atoms with Gasteiger partial charge in [-0.25, -0.2) is 8.42 Å². The zero-order valence-electron chi connectivity index (χ0n) is 16.8. The summed E-state index contributed by atoms with van der Waals surface area (Å²) in [5.74, 6) is -0.106. The molecule has 0 bridgehead atoms.